The molecule has 0 unspecified atom stereocenters. The quantitative estimate of drug-likeness (QED) is 0.299. The molecule has 4 aromatic rings. The lowest BCUT2D eigenvalue weighted by Crippen LogP contribution is -2.11. The summed E-state index contributed by atoms with van der Waals surface area (Å²) in [7, 11) is -6.02. The molecular weight excluding hydrogens is 459 g/mol. The van der Waals surface area contributed by atoms with Gasteiger partial charge in [0.05, 0.1) is 17.8 Å². The number of hydrogen-bond donors (Lipinski definition) is 2. The van der Waals surface area contributed by atoms with Crippen LogP contribution < -0.4 is 10.2 Å². The van der Waals surface area contributed by atoms with Crippen molar-refractivity contribution in [3.8, 4) is 0 Å². The summed E-state index contributed by atoms with van der Waals surface area (Å²) in [5.41, 5.74) is 3.04. The lowest BCUT2D eigenvalue weighted by atomic mass is 10.2. The Morgan fingerprint density at radius 3 is 1.91 bits per heavy atom. The van der Waals surface area contributed by atoms with E-state index in [0.717, 1.165) is 17.5 Å². The summed E-state index contributed by atoms with van der Waals surface area (Å²) >= 11 is 1.54. The van der Waals surface area contributed by atoms with Crippen LogP contribution in [0.2, 0.25) is 0 Å². The van der Waals surface area contributed by atoms with Gasteiger partial charge < -0.3 is 5.09 Å². The Balaban J connectivity index is 1.84. The number of thiazole rings is 1. The summed E-state index contributed by atoms with van der Waals surface area (Å²) in [5, 5.41) is 11.7. The van der Waals surface area contributed by atoms with Gasteiger partial charge in [-0.25, -0.2) is 23.3 Å². The molecule has 0 saturated carbocycles. The predicted octanol–water partition coefficient (Wildman–Crippen LogP) is 6.05. The van der Waals surface area contributed by atoms with E-state index in [-0.39, 0.29) is 4.90 Å². The number of anilines is 1. The molecule has 0 atom stereocenters. The van der Waals surface area contributed by atoms with Gasteiger partial charge in [-0.05, 0) is 35.4 Å². The Hall–Kier alpha value is -2.77. The Morgan fingerprint density at radius 1 is 0.875 bits per heavy atom. The second kappa shape index (κ2) is 9.79. The Morgan fingerprint density at radius 2 is 1.44 bits per heavy atom. The van der Waals surface area contributed by atoms with Gasteiger partial charge >= 0.3 is 0 Å². The monoisotopic (exact) mass is 482 g/mol. The number of hydrogen-bond acceptors (Lipinski definition) is 5. The molecule has 0 aliphatic carbocycles. The number of aromatic nitrogens is 1. The molecule has 3 aromatic carbocycles. The van der Waals surface area contributed by atoms with Crippen molar-refractivity contribution in [2.75, 3.05) is 5.09 Å². The van der Waals surface area contributed by atoms with Gasteiger partial charge in [-0.2, -0.15) is 0 Å². The summed E-state index contributed by atoms with van der Waals surface area (Å²) in [6.07, 6.45) is 3.21. The van der Waals surface area contributed by atoms with Crippen LogP contribution in [0.4, 0.5) is 10.8 Å². The molecular formula is C23H23N4O2PS2. The minimum atomic E-state index is -3.76. The van der Waals surface area contributed by atoms with Gasteiger partial charge in [-0.3, -0.25) is 0 Å². The van der Waals surface area contributed by atoms with Crippen LogP contribution in [-0.2, 0) is 22.3 Å². The number of nitrogens with two attached hydrogens (primary N) is 1. The molecule has 1 heterocycles. The van der Waals surface area contributed by atoms with Crippen LogP contribution in [0.25, 0.3) is 0 Å². The zero-order chi connectivity index (χ0) is 22.4. The zero-order valence-corrected chi connectivity index (χ0v) is 19.7. The average molecular weight is 483 g/mol. The molecule has 32 heavy (non-hydrogen) atoms. The normalized spacial score (nSPS) is 11.8. The third-order valence-corrected chi connectivity index (χ3v) is 9.57. The van der Waals surface area contributed by atoms with Crippen LogP contribution in [0.3, 0.4) is 0 Å². The largest absolute Gasteiger partial charge is 0.327 e. The smallest absolute Gasteiger partial charge is 0.238 e. The van der Waals surface area contributed by atoms with Crippen molar-refractivity contribution in [3.05, 3.63) is 108 Å². The zero-order valence-electron chi connectivity index (χ0n) is 17.2. The van der Waals surface area contributed by atoms with E-state index in [4.69, 9.17) is 9.88 Å². The van der Waals surface area contributed by atoms with Gasteiger partial charge in [-0.15, -0.1) is 11.3 Å². The first-order chi connectivity index (χ1) is 15.4. The van der Waals surface area contributed by atoms with Crippen molar-refractivity contribution in [1.29, 1.82) is 0 Å². The number of rotatable bonds is 8. The Labute approximate surface area is 192 Å². The van der Waals surface area contributed by atoms with E-state index in [1.807, 2.05) is 41.8 Å². The molecule has 6 nitrogen and oxygen atoms in total. The summed E-state index contributed by atoms with van der Waals surface area (Å²) in [4.78, 5) is 4.52. The van der Waals surface area contributed by atoms with E-state index in [1.165, 1.54) is 34.6 Å². The van der Waals surface area contributed by atoms with Gasteiger partial charge in [0.15, 0.2) is 5.13 Å². The summed E-state index contributed by atoms with van der Waals surface area (Å²) in [6, 6.07) is 26.9. The lowest BCUT2D eigenvalue weighted by molar-refractivity contribution is 0.598. The molecule has 1 aromatic heterocycles. The molecule has 9 heteroatoms. The van der Waals surface area contributed by atoms with E-state index in [9.17, 15) is 8.42 Å². The van der Waals surface area contributed by atoms with Gasteiger partial charge in [-0.1, -0.05) is 60.7 Å². The average Bonchev–Trinajstić information content (AvgIpc) is 3.27. The molecule has 0 aliphatic heterocycles. The third kappa shape index (κ3) is 5.93. The highest BCUT2D eigenvalue weighted by Gasteiger charge is 2.23. The maximum atomic E-state index is 11.7. The van der Waals surface area contributed by atoms with Gasteiger partial charge in [0.2, 0.25) is 10.0 Å². The number of benzene rings is 3. The Kier molecular flexibility index (Phi) is 6.86. The fraction of sp³-hybridized carbons (Fsp3) is 0.0870. The lowest BCUT2D eigenvalue weighted by Gasteiger charge is -2.26. The molecule has 4 rings (SSSR count). The van der Waals surface area contributed by atoms with Crippen LogP contribution >= 0.6 is 18.5 Å². The van der Waals surface area contributed by atoms with Crippen molar-refractivity contribution in [2.45, 2.75) is 17.2 Å². The molecule has 0 aliphatic rings. The Bertz CT molecular complexity index is 1260. The first-order valence-corrected chi connectivity index (χ1v) is 14.4. The maximum absolute atomic E-state index is 11.7. The SMILES string of the molecule is NS(=O)(=O)c1ccc(N=P(Cc2ccccc2)(Cc2ccccc2)Nc2nccs2)cc1. The molecule has 0 fully saturated rings. The van der Waals surface area contributed by atoms with Crippen LogP contribution in [0, 0.1) is 0 Å². The van der Waals surface area contributed by atoms with Crippen LogP contribution in [0.1, 0.15) is 11.1 Å². The fourth-order valence-electron chi connectivity index (χ4n) is 3.38. The van der Waals surface area contributed by atoms with Crippen molar-refractivity contribution in [3.63, 3.8) is 0 Å². The standard InChI is InChI=1S/C23H23N4O2PS2/c24-32(28,29)22-13-11-21(12-14-22)26-30(27-23-25-15-16-31-23,17-19-7-3-1-4-8-19)18-20-9-5-2-6-10-20/h1-16H,17-18H2,(H,25,27)(H2,24,28,29). The van der Waals surface area contributed by atoms with Crippen molar-refractivity contribution in [2.24, 2.45) is 9.88 Å². The maximum Gasteiger partial charge on any atom is 0.238 e. The van der Waals surface area contributed by atoms with Gasteiger partial charge in [0.25, 0.3) is 0 Å². The number of sulfonamides is 1. The van der Waals surface area contributed by atoms with E-state index in [2.05, 4.69) is 34.3 Å². The van der Waals surface area contributed by atoms with Gasteiger partial charge in [0, 0.05) is 23.9 Å². The molecule has 0 saturated heterocycles. The topological polar surface area (TPSA) is 97.4 Å². The highest BCUT2D eigenvalue weighted by molar-refractivity contribution is 7.89. The molecule has 3 N–H and O–H groups in total. The van der Waals surface area contributed by atoms with E-state index in [0.29, 0.717) is 5.69 Å². The molecule has 0 radical (unpaired) electrons. The summed E-state index contributed by atoms with van der Waals surface area (Å²) in [5.74, 6) is 0. The fourth-order valence-corrected chi connectivity index (χ4v) is 8.07. The number of nitrogens with zero attached hydrogens (tertiary/aromatic N) is 2. The van der Waals surface area contributed by atoms with Crippen molar-refractivity contribution in [1.82, 2.24) is 4.98 Å². The first kappa shape index (κ1) is 22.4. The summed E-state index contributed by atoms with van der Waals surface area (Å²) in [6.45, 7) is 0. The predicted molar refractivity (Wildman–Crippen MR) is 133 cm³/mol. The van der Waals surface area contributed by atoms with E-state index >= 15 is 0 Å². The minimum absolute atomic E-state index is 0.0689. The van der Waals surface area contributed by atoms with E-state index in [1.54, 1.807) is 18.3 Å². The van der Waals surface area contributed by atoms with Crippen LogP contribution in [0.5, 0.6) is 0 Å². The molecule has 0 spiro atoms. The van der Waals surface area contributed by atoms with Crippen LogP contribution in [-0.4, -0.2) is 13.4 Å². The number of primary sulfonamides is 1. The first-order valence-electron chi connectivity index (χ1n) is 9.91. The number of nitrogens with one attached hydrogen (secondary N) is 1. The molecule has 0 bridgehead atoms. The highest BCUT2D eigenvalue weighted by atomic mass is 32.2. The second-order valence-corrected chi connectivity index (χ2v) is 12.7. The molecule has 0 amide bonds. The third-order valence-electron chi connectivity index (χ3n) is 4.78. The van der Waals surface area contributed by atoms with Crippen molar-refractivity contribution >= 4 is 39.4 Å². The van der Waals surface area contributed by atoms with E-state index < -0.39 is 17.2 Å². The highest BCUT2D eigenvalue weighted by Crippen LogP contribution is 2.57. The van der Waals surface area contributed by atoms with Crippen LogP contribution in [0.15, 0.2) is 106 Å². The second-order valence-electron chi connectivity index (χ2n) is 7.30. The van der Waals surface area contributed by atoms with Crippen molar-refractivity contribution < 1.29 is 8.42 Å². The summed E-state index contributed by atoms with van der Waals surface area (Å²) < 4.78 is 28.5. The molecule has 164 valence electrons. The van der Waals surface area contributed by atoms with Gasteiger partial charge in [0.1, 0.15) is 0 Å². The minimum Gasteiger partial charge on any atom is -0.327 e.